The highest BCUT2D eigenvalue weighted by Crippen LogP contribution is 2.40. The second-order valence-corrected chi connectivity index (χ2v) is 6.36. The molecule has 2 aromatic carbocycles. The highest BCUT2D eigenvalue weighted by atomic mass is 16.5. The Hall–Kier alpha value is -3.21. The number of Topliss-reactive ketones (excluding diaryl/α,β-unsaturated/α-hetero) is 1. The fourth-order valence-corrected chi connectivity index (χ4v) is 2.82. The van der Waals surface area contributed by atoms with Crippen LogP contribution in [0.1, 0.15) is 28.4 Å². The summed E-state index contributed by atoms with van der Waals surface area (Å²) in [5.41, 5.74) is 2.91. The Labute approximate surface area is 158 Å². The van der Waals surface area contributed by atoms with Gasteiger partial charge < -0.3 is 18.9 Å². The van der Waals surface area contributed by atoms with Gasteiger partial charge in [0.25, 0.3) is 0 Å². The number of carbonyl (C=O) groups is 1. The van der Waals surface area contributed by atoms with Crippen molar-refractivity contribution in [3.8, 4) is 23.0 Å². The van der Waals surface area contributed by atoms with Crippen LogP contribution in [0.5, 0.6) is 23.0 Å². The Morgan fingerprint density at radius 3 is 2.56 bits per heavy atom. The van der Waals surface area contributed by atoms with Gasteiger partial charge in [0.1, 0.15) is 29.6 Å². The predicted octanol–water partition coefficient (Wildman–Crippen LogP) is 4.58. The van der Waals surface area contributed by atoms with E-state index in [0.717, 1.165) is 11.1 Å². The molecule has 0 aromatic heterocycles. The summed E-state index contributed by atoms with van der Waals surface area (Å²) >= 11 is 0. The van der Waals surface area contributed by atoms with Crippen molar-refractivity contribution in [1.82, 2.24) is 0 Å². The minimum Gasteiger partial charge on any atom is -0.497 e. The Bertz CT molecular complexity index is 940. The lowest BCUT2D eigenvalue weighted by molar-refractivity contribution is 0.101. The molecule has 0 spiro atoms. The van der Waals surface area contributed by atoms with Gasteiger partial charge in [-0.25, -0.2) is 0 Å². The van der Waals surface area contributed by atoms with E-state index in [9.17, 15) is 4.79 Å². The number of methoxy groups -OCH3 is 2. The lowest BCUT2D eigenvalue weighted by Gasteiger charge is -2.11. The highest BCUT2D eigenvalue weighted by Gasteiger charge is 2.30. The molecule has 0 fully saturated rings. The molecule has 1 heterocycles. The van der Waals surface area contributed by atoms with Crippen LogP contribution in [0.3, 0.4) is 0 Å². The number of ketones is 1. The second-order valence-electron chi connectivity index (χ2n) is 6.36. The monoisotopic (exact) mass is 366 g/mol. The summed E-state index contributed by atoms with van der Waals surface area (Å²) in [6.07, 6.45) is 1.66. The molecule has 2 aromatic rings. The molecule has 0 amide bonds. The molecule has 0 bridgehead atoms. The van der Waals surface area contributed by atoms with E-state index in [0.29, 0.717) is 40.7 Å². The van der Waals surface area contributed by atoms with Gasteiger partial charge in [0, 0.05) is 11.1 Å². The van der Waals surface area contributed by atoms with Crippen LogP contribution in [0, 0.1) is 6.92 Å². The smallest absolute Gasteiger partial charge is 0.231 e. The van der Waals surface area contributed by atoms with E-state index in [1.165, 1.54) is 0 Å². The Morgan fingerprint density at radius 2 is 1.89 bits per heavy atom. The number of carbonyl (C=O) groups excluding carboxylic acids is 1. The third-order valence-corrected chi connectivity index (χ3v) is 4.23. The summed E-state index contributed by atoms with van der Waals surface area (Å²) in [6.45, 7) is 8.01. The van der Waals surface area contributed by atoms with E-state index in [1.54, 1.807) is 50.6 Å². The van der Waals surface area contributed by atoms with Crippen molar-refractivity contribution in [2.24, 2.45) is 0 Å². The molecule has 5 heteroatoms. The molecular formula is C22H22O5. The number of allylic oxidation sites excluding steroid dienone is 1. The topological polar surface area (TPSA) is 54.0 Å². The molecular weight excluding hydrogens is 344 g/mol. The van der Waals surface area contributed by atoms with E-state index in [-0.39, 0.29) is 11.5 Å². The van der Waals surface area contributed by atoms with Gasteiger partial charge in [-0.3, -0.25) is 4.79 Å². The molecule has 1 aliphatic rings. The van der Waals surface area contributed by atoms with Crippen LogP contribution < -0.4 is 18.9 Å². The summed E-state index contributed by atoms with van der Waals surface area (Å²) in [6, 6.07) is 8.88. The number of benzene rings is 2. The van der Waals surface area contributed by atoms with E-state index < -0.39 is 0 Å². The highest BCUT2D eigenvalue weighted by molar-refractivity contribution is 6.15. The van der Waals surface area contributed by atoms with E-state index >= 15 is 0 Å². The van der Waals surface area contributed by atoms with Gasteiger partial charge in [-0.15, -0.1) is 0 Å². The van der Waals surface area contributed by atoms with Crippen LogP contribution in [0.15, 0.2) is 48.2 Å². The molecule has 3 rings (SSSR count). The van der Waals surface area contributed by atoms with Crippen molar-refractivity contribution in [2.45, 2.75) is 13.8 Å². The molecule has 5 nitrogen and oxygen atoms in total. The molecule has 0 saturated heterocycles. The van der Waals surface area contributed by atoms with Crippen molar-refractivity contribution in [3.63, 3.8) is 0 Å². The number of rotatable bonds is 6. The van der Waals surface area contributed by atoms with Gasteiger partial charge in [0.05, 0.1) is 19.8 Å². The Kier molecular flexibility index (Phi) is 5.21. The average molecular weight is 366 g/mol. The van der Waals surface area contributed by atoms with Gasteiger partial charge in [-0.05, 0) is 55.8 Å². The van der Waals surface area contributed by atoms with Gasteiger partial charge >= 0.3 is 0 Å². The average Bonchev–Trinajstić information content (AvgIpc) is 2.97. The molecule has 0 aliphatic carbocycles. The largest absolute Gasteiger partial charge is 0.497 e. The maximum Gasteiger partial charge on any atom is 0.231 e. The lowest BCUT2D eigenvalue weighted by atomic mass is 10.1. The molecule has 0 atom stereocenters. The first-order chi connectivity index (χ1) is 12.9. The number of ether oxygens (including phenoxy) is 4. The van der Waals surface area contributed by atoms with Crippen molar-refractivity contribution in [3.05, 3.63) is 64.9 Å². The first-order valence-electron chi connectivity index (χ1n) is 8.51. The second kappa shape index (κ2) is 7.58. The molecule has 27 heavy (non-hydrogen) atoms. The minimum absolute atomic E-state index is 0.176. The summed E-state index contributed by atoms with van der Waals surface area (Å²) in [5, 5.41) is 0. The normalized spacial score (nSPS) is 13.9. The van der Waals surface area contributed by atoms with Crippen molar-refractivity contribution in [1.29, 1.82) is 0 Å². The van der Waals surface area contributed by atoms with Crippen molar-refractivity contribution in [2.75, 3.05) is 20.8 Å². The zero-order chi connectivity index (χ0) is 19.6. The standard InChI is InChI=1S/C22H22O5/c1-13(2)12-26-18-9-7-17-21(23)20(27-22(17)14(18)3)11-15-10-16(24-4)6-8-19(15)25-5/h6-11H,1,12H2,2-5H3/b20-11-. The third kappa shape index (κ3) is 3.67. The zero-order valence-electron chi connectivity index (χ0n) is 15.9. The summed E-state index contributed by atoms with van der Waals surface area (Å²) < 4.78 is 22.2. The van der Waals surface area contributed by atoms with Crippen LogP contribution in [0.25, 0.3) is 6.08 Å². The maximum absolute atomic E-state index is 12.8. The molecule has 0 saturated carbocycles. The van der Waals surface area contributed by atoms with E-state index in [2.05, 4.69) is 6.58 Å². The number of fused-ring (bicyclic) bond motifs is 1. The van der Waals surface area contributed by atoms with Crippen molar-refractivity contribution < 1.29 is 23.7 Å². The Balaban J connectivity index is 1.96. The zero-order valence-corrected chi connectivity index (χ0v) is 15.9. The number of hydrogen-bond acceptors (Lipinski definition) is 5. The van der Waals surface area contributed by atoms with Crippen molar-refractivity contribution >= 4 is 11.9 Å². The molecule has 0 radical (unpaired) electrons. The summed E-state index contributed by atoms with van der Waals surface area (Å²) in [7, 11) is 3.16. The van der Waals surface area contributed by atoms with Gasteiger partial charge in [0.15, 0.2) is 5.76 Å². The SMILES string of the molecule is C=C(C)COc1ccc2c(c1C)O/C(=C\c1cc(OC)ccc1OC)C2=O. The lowest BCUT2D eigenvalue weighted by Crippen LogP contribution is -2.00. The van der Waals surface area contributed by atoms with E-state index in [4.69, 9.17) is 18.9 Å². The van der Waals surface area contributed by atoms with Gasteiger partial charge in [-0.1, -0.05) is 6.58 Å². The van der Waals surface area contributed by atoms with Gasteiger partial charge in [-0.2, -0.15) is 0 Å². The van der Waals surface area contributed by atoms with Crippen LogP contribution in [-0.2, 0) is 0 Å². The number of hydrogen-bond donors (Lipinski definition) is 0. The maximum atomic E-state index is 12.8. The minimum atomic E-state index is -0.176. The van der Waals surface area contributed by atoms with Crippen LogP contribution >= 0.6 is 0 Å². The first-order valence-corrected chi connectivity index (χ1v) is 8.51. The van der Waals surface area contributed by atoms with Gasteiger partial charge in [0.2, 0.25) is 5.78 Å². The Morgan fingerprint density at radius 1 is 1.15 bits per heavy atom. The summed E-state index contributed by atoms with van der Waals surface area (Å²) in [5.74, 6) is 2.54. The molecule has 140 valence electrons. The quantitative estimate of drug-likeness (QED) is 0.553. The first kappa shape index (κ1) is 18.6. The van der Waals surface area contributed by atoms with E-state index in [1.807, 2.05) is 13.8 Å². The molecule has 1 aliphatic heterocycles. The molecule has 0 unspecified atom stereocenters. The van der Waals surface area contributed by atoms with Crippen LogP contribution in [-0.4, -0.2) is 26.6 Å². The predicted molar refractivity (Wildman–Crippen MR) is 104 cm³/mol. The fraction of sp³-hybridized carbons (Fsp3) is 0.227. The third-order valence-electron chi connectivity index (χ3n) is 4.23. The fourth-order valence-electron chi connectivity index (χ4n) is 2.82. The van der Waals surface area contributed by atoms with Crippen LogP contribution in [0.2, 0.25) is 0 Å². The summed E-state index contributed by atoms with van der Waals surface area (Å²) in [4.78, 5) is 12.8. The van der Waals surface area contributed by atoms with Crippen LogP contribution in [0.4, 0.5) is 0 Å². The molecule has 0 N–H and O–H groups in total.